The van der Waals surface area contributed by atoms with Gasteiger partial charge >= 0.3 is 5.97 Å². The zero-order chi connectivity index (χ0) is 14.5. The van der Waals surface area contributed by atoms with E-state index in [1.165, 1.54) is 12.1 Å². The van der Waals surface area contributed by atoms with Gasteiger partial charge in [0.1, 0.15) is 0 Å². The van der Waals surface area contributed by atoms with Crippen molar-refractivity contribution in [2.24, 2.45) is 5.92 Å². The predicted octanol–water partition coefficient (Wildman–Crippen LogP) is 3.45. The van der Waals surface area contributed by atoms with E-state index in [4.69, 9.17) is 0 Å². The summed E-state index contributed by atoms with van der Waals surface area (Å²) in [6, 6.07) is 12.9. The first-order valence-electron chi connectivity index (χ1n) is 6.27. The van der Waals surface area contributed by atoms with Crippen molar-refractivity contribution in [3.8, 4) is 0 Å². The first-order chi connectivity index (χ1) is 9.58. The van der Waals surface area contributed by atoms with Crippen LogP contribution in [0.1, 0.15) is 11.1 Å². The standard InChI is InChI=1S/C16H14F2O2/c17-14-8-4-7-12(15(14)18)10-13(16(19)20)9-11-5-2-1-3-6-11/h1-8,13H,9-10H2,(H,19,20). The molecule has 0 aliphatic carbocycles. The van der Waals surface area contributed by atoms with Crippen molar-refractivity contribution >= 4 is 5.97 Å². The minimum absolute atomic E-state index is 0.0339. The lowest BCUT2D eigenvalue weighted by Gasteiger charge is -2.13. The Balaban J connectivity index is 2.18. The van der Waals surface area contributed by atoms with Crippen molar-refractivity contribution in [3.63, 3.8) is 0 Å². The molecule has 1 atom stereocenters. The van der Waals surface area contributed by atoms with Crippen molar-refractivity contribution in [3.05, 3.63) is 71.3 Å². The maximum absolute atomic E-state index is 13.6. The molecule has 2 aromatic rings. The third-order valence-corrected chi connectivity index (χ3v) is 3.17. The van der Waals surface area contributed by atoms with Crippen LogP contribution in [0.15, 0.2) is 48.5 Å². The molecule has 0 fully saturated rings. The van der Waals surface area contributed by atoms with Crippen molar-refractivity contribution in [2.45, 2.75) is 12.8 Å². The maximum Gasteiger partial charge on any atom is 0.307 e. The molecule has 0 aromatic heterocycles. The molecule has 2 nitrogen and oxygen atoms in total. The zero-order valence-corrected chi connectivity index (χ0v) is 10.7. The monoisotopic (exact) mass is 276 g/mol. The van der Waals surface area contributed by atoms with Crippen LogP contribution in [0.2, 0.25) is 0 Å². The number of benzene rings is 2. The van der Waals surface area contributed by atoms with Gasteiger partial charge in [-0.15, -0.1) is 0 Å². The van der Waals surface area contributed by atoms with Crippen molar-refractivity contribution < 1.29 is 18.7 Å². The van der Waals surface area contributed by atoms with Gasteiger partial charge in [0.15, 0.2) is 11.6 Å². The Morgan fingerprint density at radius 1 is 1.00 bits per heavy atom. The highest BCUT2D eigenvalue weighted by molar-refractivity contribution is 5.70. The van der Waals surface area contributed by atoms with Crippen LogP contribution in [0.3, 0.4) is 0 Å². The zero-order valence-electron chi connectivity index (χ0n) is 10.7. The second-order valence-corrected chi connectivity index (χ2v) is 4.64. The lowest BCUT2D eigenvalue weighted by molar-refractivity contribution is -0.141. The van der Waals surface area contributed by atoms with Gasteiger partial charge in [-0.1, -0.05) is 42.5 Å². The number of aliphatic carboxylic acids is 1. The highest BCUT2D eigenvalue weighted by atomic mass is 19.2. The van der Waals surface area contributed by atoms with Crippen LogP contribution in [-0.2, 0) is 17.6 Å². The summed E-state index contributed by atoms with van der Waals surface area (Å²) in [5.74, 6) is -3.72. The number of carboxylic acid groups (broad SMARTS) is 1. The van der Waals surface area contributed by atoms with Crippen LogP contribution in [0.5, 0.6) is 0 Å². The molecule has 0 heterocycles. The molecule has 2 rings (SSSR count). The molecule has 1 N–H and O–H groups in total. The molecule has 20 heavy (non-hydrogen) atoms. The highest BCUT2D eigenvalue weighted by Crippen LogP contribution is 2.19. The SMILES string of the molecule is O=C(O)C(Cc1ccccc1)Cc1cccc(F)c1F. The number of carboxylic acids is 1. The number of hydrogen-bond acceptors (Lipinski definition) is 1. The lowest BCUT2D eigenvalue weighted by Crippen LogP contribution is -2.20. The van der Waals surface area contributed by atoms with E-state index in [0.717, 1.165) is 11.6 Å². The highest BCUT2D eigenvalue weighted by Gasteiger charge is 2.21. The minimum Gasteiger partial charge on any atom is -0.481 e. The van der Waals surface area contributed by atoms with Crippen molar-refractivity contribution in [2.75, 3.05) is 0 Å². The fraction of sp³-hybridized carbons (Fsp3) is 0.188. The molecule has 0 aliphatic heterocycles. The Morgan fingerprint density at radius 2 is 1.70 bits per heavy atom. The number of hydrogen-bond donors (Lipinski definition) is 1. The van der Waals surface area contributed by atoms with E-state index in [-0.39, 0.29) is 18.4 Å². The topological polar surface area (TPSA) is 37.3 Å². The molecule has 0 aliphatic rings. The van der Waals surface area contributed by atoms with Crippen LogP contribution in [0.4, 0.5) is 8.78 Å². The molecule has 2 aromatic carbocycles. The average molecular weight is 276 g/mol. The fourth-order valence-corrected chi connectivity index (χ4v) is 2.12. The van der Waals surface area contributed by atoms with Gasteiger partial charge in [0, 0.05) is 0 Å². The first kappa shape index (κ1) is 14.2. The minimum atomic E-state index is -1.02. The molecule has 0 bridgehead atoms. The van der Waals surface area contributed by atoms with E-state index >= 15 is 0 Å². The Bertz CT molecular complexity index is 597. The van der Waals surface area contributed by atoms with Gasteiger partial charge in [-0.3, -0.25) is 4.79 Å². The van der Waals surface area contributed by atoms with Crippen LogP contribution in [-0.4, -0.2) is 11.1 Å². The van der Waals surface area contributed by atoms with E-state index in [1.807, 2.05) is 30.3 Å². The van der Waals surface area contributed by atoms with Gasteiger partial charge in [0.25, 0.3) is 0 Å². The molecule has 104 valence electrons. The summed E-state index contributed by atoms with van der Waals surface area (Å²) in [7, 11) is 0. The van der Waals surface area contributed by atoms with Crippen molar-refractivity contribution in [1.82, 2.24) is 0 Å². The molecule has 0 saturated carbocycles. The number of rotatable bonds is 5. The first-order valence-corrected chi connectivity index (χ1v) is 6.27. The molecule has 0 spiro atoms. The third kappa shape index (κ3) is 3.41. The lowest BCUT2D eigenvalue weighted by atomic mass is 9.92. The van der Waals surface area contributed by atoms with Gasteiger partial charge < -0.3 is 5.11 Å². The fourth-order valence-electron chi connectivity index (χ4n) is 2.12. The van der Waals surface area contributed by atoms with E-state index in [2.05, 4.69) is 0 Å². The van der Waals surface area contributed by atoms with Crippen LogP contribution >= 0.6 is 0 Å². The summed E-state index contributed by atoms with van der Waals surface area (Å²) in [4.78, 5) is 11.3. The Morgan fingerprint density at radius 3 is 2.35 bits per heavy atom. The quantitative estimate of drug-likeness (QED) is 0.908. The predicted molar refractivity (Wildman–Crippen MR) is 71.3 cm³/mol. The van der Waals surface area contributed by atoms with E-state index in [1.54, 1.807) is 0 Å². The van der Waals surface area contributed by atoms with E-state index in [9.17, 15) is 18.7 Å². The second-order valence-electron chi connectivity index (χ2n) is 4.64. The molecular weight excluding hydrogens is 262 g/mol. The summed E-state index contributed by atoms with van der Waals surface area (Å²) in [5.41, 5.74) is 0.949. The summed E-state index contributed by atoms with van der Waals surface area (Å²) in [6.07, 6.45) is 0.250. The third-order valence-electron chi connectivity index (χ3n) is 3.17. The summed E-state index contributed by atoms with van der Waals surface area (Å²) in [5, 5.41) is 9.24. The molecule has 0 saturated heterocycles. The van der Waals surface area contributed by atoms with Crippen molar-refractivity contribution in [1.29, 1.82) is 0 Å². The van der Waals surface area contributed by atoms with Gasteiger partial charge in [-0.25, -0.2) is 8.78 Å². The van der Waals surface area contributed by atoms with Crippen LogP contribution in [0, 0.1) is 17.6 Å². The average Bonchev–Trinajstić information content (AvgIpc) is 2.44. The maximum atomic E-state index is 13.6. The smallest absolute Gasteiger partial charge is 0.307 e. The Hall–Kier alpha value is -2.23. The van der Waals surface area contributed by atoms with Crippen LogP contribution in [0.25, 0.3) is 0 Å². The summed E-state index contributed by atoms with van der Waals surface area (Å²) >= 11 is 0. The summed E-state index contributed by atoms with van der Waals surface area (Å²) < 4.78 is 26.7. The summed E-state index contributed by atoms with van der Waals surface area (Å²) in [6.45, 7) is 0. The largest absolute Gasteiger partial charge is 0.481 e. The Labute approximate surface area is 115 Å². The molecule has 4 heteroatoms. The van der Waals surface area contributed by atoms with Gasteiger partial charge in [0.05, 0.1) is 5.92 Å². The van der Waals surface area contributed by atoms with Gasteiger partial charge in [-0.05, 0) is 30.0 Å². The molecule has 0 radical (unpaired) electrons. The Kier molecular flexibility index (Phi) is 4.45. The normalized spacial score (nSPS) is 12.1. The second kappa shape index (κ2) is 6.28. The molecule has 1 unspecified atom stereocenters. The van der Waals surface area contributed by atoms with Gasteiger partial charge in [0.2, 0.25) is 0 Å². The number of halogens is 2. The van der Waals surface area contributed by atoms with E-state index in [0.29, 0.717) is 0 Å². The van der Waals surface area contributed by atoms with Crippen LogP contribution < -0.4 is 0 Å². The number of carbonyl (C=O) groups is 1. The van der Waals surface area contributed by atoms with E-state index < -0.39 is 23.5 Å². The van der Waals surface area contributed by atoms with Gasteiger partial charge in [-0.2, -0.15) is 0 Å². The molecular formula is C16H14F2O2. The molecule has 0 amide bonds.